The highest BCUT2D eigenvalue weighted by Crippen LogP contribution is 2.35. The molecule has 4 aromatic rings. The van der Waals surface area contributed by atoms with Crippen molar-refractivity contribution in [1.82, 2.24) is 30.1 Å². The van der Waals surface area contributed by atoms with Gasteiger partial charge in [0.1, 0.15) is 6.04 Å². The van der Waals surface area contributed by atoms with Gasteiger partial charge in [0.25, 0.3) is 5.56 Å². The molecule has 1 saturated carbocycles. The van der Waals surface area contributed by atoms with Gasteiger partial charge in [-0.15, -0.1) is 5.10 Å². The summed E-state index contributed by atoms with van der Waals surface area (Å²) in [5, 5.41) is 14.9. The first-order valence-electron chi connectivity index (χ1n) is 13.6. The molecule has 2 aromatic heterocycles. The molecule has 6 rings (SSSR count). The zero-order valence-electron chi connectivity index (χ0n) is 22.2. The van der Waals surface area contributed by atoms with Crippen LogP contribution >= 0.6 is 11.6 Å². The Bertz CT molecular complexity index is 1530. The van der Waals surface area contributed by atoms with Gasteiger partial charge in [-0.05, 0) is 84.3 Å². The van der Waals surface area contributed by atoms with Gasteiger partial charge in [0.15, 0.2) is 5.82 Å². The van der Waals surface area contributed by atoms with Crippen LogP contribution < -0.4 is 10.5 Å². The van der Waals surface area contributed by atoms with Crippen LogP contribution in [0.4, 0.5) is 5.69 Å². The molecule has 0 radical (unpaired) electrons. The van der Waals surface area contributed by atoms with Crippen LogP contribution in [-0.4, -0.2) is 56.3 Å². The number of piperazine rings is 1. The van der Waals surface area contributed by atoms with Crippen molar-refractivity contribution in [3.63, 3.8) is 0 Å². The third kappa shape index (κ3) is 4.50. The van der Waals surface area contributed by atoms with E-state index in [1.165, 1.54) is 24.1 Å². The topological polar surface area (TPSA) is 82.9 Å². The molecule has 38 heavy (non-hydrogen) atoms. The van der Waals surface area contributed by atoms with Crippen LogP contribution in [0.3, 0.4) is 0 Å². The number of hydrogen-bond donors (Lipinski definition) is 1. The number of hydrogen-bond acceptors (Lipinski definition) is 6. The van der Waals surface area contributed by atoms with Crippen molar-refractivity contribution in [3.8, 4) is 0 Å². The minimum absolute atomic E-state index is 0.0784. The molecule has 198 valence electrons. The van der Waals surface area contributed by atoms with Crippen molar-refractivity contribution in [3.05, 3.63) is 79.9 Å². The Hall–Kier alpha value is -3.23. The van der Waals surface area contributed by atoms with E-state index < -0.39 is 0 Å². The van der Waals surface area contributed by atoms with Gasteiger partial charge < -0.3 is 9.88 Å². The van der Waals surface area contributed by atoms with Crippen molar-refractivity contribution >= 4 is 28.2 Å². The molecule has 1 atom stereocenters. The number of nitrogens with zero attached hydrogens (tertiary/aromatic N) is 6. The van der Waals surface area contributed by atoms with E-state index >= 15 is 0 Å². The van der Waals surface area contributed by atoms with Gasteiger partial charge >= 0.3 is 0 Å². The minimum atomic E-state index is -0.331. The summed E-state index contributed by atoms with van der Waals surface area (Å²) in [7, 11) is 0. The molecule has 2 fully saturated rings. The number of aryl methyl sites for hydroxylation is 3. The number of aromatic nitrogens is 5. The van der Waals surface area contributed by atoms with Crippen LogP contribution in [0.5, 0.6) is 0 Å². The molecule has 2 aromatic carbocycles. The first-order valence-corrected chi connectivity index (χ1v) is 13.9. The van der Waals surface area contributed by atoms with Crippen molar-refractivity contribution in [2.75, 3.05) is 31.1 Å². The van der Waals surface area contributed by atoms with Gasteiger partial charge in [-0.2, -0.15) is 0 Å². The normalized spacial score (nSPS) is 17.9. The molecule has 0 unspecified atom stereocenters. The second-order valence-electron chi connectivity index (χ2n) is 10.8. The molecule has 0 bridgehead atoms. The number of rotatable bonds is 5. The van der Waals surface area contributed by atoms with Crippen molar-refractivity contribution in [2.45, 2.75) is 58.5 Å². The third-order valence-corrected chi connectivity index (χ3v) is 8.73. The zero-order valence-corrected chi connectivity index (χ0v) is 23.0. The van der Waals surface area contributed by atoms with Crippen molar-refractivity contribution in [1.29, 1.82) is 0 Å². The fourth-order valence-electron chi connectivity index (χ4n) is 6.18. The summed E-state index contributed by atoms with van der Waals surface area (Å²) in [4.78, 5) is 21.6. The van der Waals surface area contributed by atoms with E-state index in [4.69, 9.17) is 11.6 Å². The number of anilines is 1. The van der Waals surface area contributed by atoms with Gasteiger partial charge in [0.05, 0.1) is 11.6 Å². The number of tetrazole rings is 1. The summed E-state index contributed by atoms with van der Waals surface area (Å²) in [5.74, 6) is 0.762. The molecule has 1 saturated heterocycles. The van der Waals surface area contributed by atoms with E-state index in [2.05, 4.69) is 69.3 Å². The lowest BCUT2D eigenvalue weighted by Gasteiger charge is -2.40. The smallest absolute Gasteiger partial charge is 0.253 e. The Morgan fingerprint density at radius 3 is 2.47 bits per heavy atom. The molecular formula is C29H34ClN7O. The van der Waals surface area contributed by atoms with Crippen LogP contribution in [0.15, 0.2) is 41.2 Å². The van der Waals surface area contributed by atoms with Gasteiger partial charge in [0, 0.05) is 42.5 Å². The van der Waals surface area contributed by atoms with Gasteiger partial charge in [-0.3, -0.25) is 9.69 Å². The highest BCUT2D eigenvalue weighted by molar-refractivity contribution is 6.30. The molecule has 8 nitrogen and oxygen atoms in total. The zero-order chi connectivity index (χ0) is 26.4. The lowest BCUT2D eigenvalue weighted by Crippen LogP contribution is -2.49. The monoisotopic (exact) mass is 531 g/mol. The molecule has 3 heterocycles. The van der Waals surface area contributed by atoms with E-state index in [0.717, 1.165) is 71.9 Å². The Labute approximate surface area is 227 Å². The predicted octanol–water partition coefficient (Wildman–Crippen LogP) is 5.12. The van der Waals surface area contributed by atoms with Gasteiger partial charge in [-0.1, -0.05) is 42.6 Å². The first kappa shape index (κ1) is 25.1. The maximum Gasteiger partial charge on any atom is 0.253 e. The first-order chi connectivity index (χ1) is 18.4. The van der Waals surface area contributed by atoms with E-state index in [9.17, 15) is 4.79 Å². The lowest BCUT2D eigenvalue weighted by atomic mass is 9.99. The number of nitrogens with one attached hydrogen (secondary N) is 1. The predicted molar refractivity (Wildman–Crippen MR) is 151 cm³/mol. The number of pyridine rings is 1. The number of benzene rings is 2. The van der Waals surface area contributed by atoms with Crippen LogP contribution in [-0.2, 0) is 0 Å². The Morgan fingerprint density at radius 1 is 0.974 bits per heavy atom. The molecular weight excluding hydrogens is 498 g/mol. The van der Waals surface area contributed by atoms with Gasteiger partial charge in [-0.25, -0.2) is 4.68 Å². The lowest BCUT2D eigenvalue weighted by molar-refractivity contribution is 0.197. The standard InChI is InChI=1S/C29H34ClN7O/c1-18-8-10-21-16-24(29(38)31-26(21)20(18)3)27(28-32-33-34-37(28)23-6-4-5-7-23)36-14-12-35(13-15-36)25-17-22(30)11-9-19(25)2/h8-11,16-17,23,27H,4-7,12-15H2,1-3H3,(H,31,38)/t27-/m0/s1. The van der Waals surface area contributed by atoms with Crippen molar-refractivity contribution < 1.29 is 0 Å². The summed E-state index contributed by atoms with van der Waals surface area (Å²) in [6.45, 7) is 9.45. The molecule has 1 N–H and O–H groups in total. The quantitative estimate of drug-likeness (QED) is 0.385. The molecule has 0 amide bonds. The number of halogens is 1. The van der Waals surface area contributed by atoms with Crippen LogP contribution in [0.25, 0.3) is 10.9 Å². The minimum Gasteiger partial charge on any atom is -0.369 e. The third-order valence-electron chi connectivity index (χ3n) is 8.50. The van der Waals surface area contributed by atoms with E-state index in [-0.39, 0.29) is 17.6 Å². The fourth-order valence-corrected chi connectivity index (χ4v) is 6.34. The van der Waals surface area contributed by atoms with Crippen LogP contribution in [0.2, 0.25) is 5.02 Å². The van der Waals surface area contributed by atoms with E-state index in [1.54, 1.807) is 0 Å². The van der Waals surface area contributed by atoms with E-state index in [1.807, 2.05) is 22.9 Å². The second kappa shape index (κ2) is 10.2. The summed E-state index contributed by atoms with van der Waals surface area (Å²) in [6, 6.07) is 12.3. The van der Waals surface area contributed by atoms with E-state index in [0.29, 0.717) is 5.56 Å². The summed E-state index contributed by atoms with van der Waals surface area (Å²) in [6.07, 6.45) is 4.50. The summed E-state index contributed by atoms with van der Waals surface area (Å²) in [5.41, 5.74) is 6.15. The fraction of sp³-hybridized carbons (Fsp3) is 0.448. The van der Waals surface area contributed by atoms with Crippen molar-refractivity contribution in [2.24, 2.45) is 0 Å². The Kier molecular flexibility index (Phi) is 6.70. The molecule has 9 heteroatoms. The Balaban J connectivity index is 1.40. The SMILES string of the molecule is Cc1ccc(Cl)cc1N1CCN([C@@H](c2cc3ccc(C)c(C)c3[nH]c2=O)c2nnnn2C2CCCC2)CC1. The number of aromatic amines is 1. The second-order valence-corrected chi connectivity index (χ2v) is 11.2. The molecule has 1 aliphatic carbocycles. The molecule has 2 aliphatic rings. The average Bonchev–Trinajstić information content (AvgIpc) is 3.62. The summed E-state index contributed by atoms with van der Waals surface area (Å²) < 4.78 is 2.00. The maximum atomic E-state index is 13.7. The molecule has 1 aliphatic heterocycles. The van der Waals surface area contributed by atoms with Crippen LogP contribution in [0.1, 0.15) is 65.8 Å². The average molecular weight is 532 g/mol. The van der Waals surface area contributed by atoms with Crippen LogP contribution in [0, 0.1) is 20.8 Å². The Morgan fingerprint density at radius 2 is 1.71 bits per heavy atom. The maximum absolute atomic E-state index is 13.7. The number of H-pyrrole nitrogens is 1. The summed E-state index contributed by atoms with van der Waals surface area (Å²) >= 11 is 6.33. The highest BCUT2D eigenvalue weighted by atomic mass is 35.5. The highest BCUT2D eigenvalue weighted by Gasteiger charge is 2.35. The largest absolute Gasteiger partial charge is 0.369 e. The molecule has 0 spiro atoms. The van der Waals surface area contributed by atoms with Gasteiger partial charge in [0.2, 0.25) is 0 Å². The number of fused-ring (bicyclic) bond motifs is 1.